The summed E-state index contributed by atoms with van der Waals surface area (Å²) in [5.74, 6) is -0.498. The average Bonchev–Trinajstić information content (AvgIpc) is 2.70. The molecular formula is C21H19ClN4O3. The molecule has 0 fully saturated rings. The smallest absolute Gasteiger partial charge is 0.292 e. The Hall–Kier alpha value is -3.58. The number of hydrogen-bond acceptors (Lipinski definition) is 5. The van der Waals surface area contributed by atoms with Gasteiger partial charge in [-0.1, -0.05) is 41.9 Å². The van der Waals surface area contributed by atoms with Gasteiger partial charge in [0.2, 0.25) is 0 Å². The van der Waals surface area contributed by atoms with E-state index >= 15 is 0 Å². The number of nitrogen functional groups attached to an aromatic ring is 1. The summed E-state index contributed by atoms with van der Waals surface area (Å²) in [6.07, 6.45) is 0. The number of carbonyl (C=O) groups is 1. The van der Waals surface area contributed by atoms with Gasteiger partial charge in [-0.15, -0.1) is 0 Å². The summed E-state index contributed by atoms with van der Waals surface area (Å²) in [6, 6.07) is 19.0. The number of nitrogens with zero attached hydrogens (tertiary/aromatic N) is 1. The molecule has 0 radical (unpaired) electrons. The van der Waals surface area contributed by atoms with Crippen molar-refractivity contribution in [3.05, 3.63) is 93.0 Å². The molecule has 4 N–H and O–H groups in total. The molecule has 3 aromatic carbocycles. The third kappa shape index (κ3) is 4.83. The monoisotopic (exact) mass is 410 g/mol. The lowest BCUT2D eigenvalue weighted by Crippen LogP contribution is -2.13. The Bertz CT molecular complexity index is 1060. The van der Waals surface area contributed by atoms with Crippen LogP contribution in [0.4, 0.5) is 22.7 Å². The van der Waals surface area contributed by atoms with Gasteiger partial charge in [0.15, 0.2) is 0 Å². The van der Waals surface area contributed by atoms with Crippen LogP contribution in [0.15, 0.2) is 66.7 Å². The summed E-state index contributed by atoms with van der Waals surface area (Å²) in [5.41, 5.74) is 7.69. The van der Waals surface area contributed by atoms with Crippen molar-refractivity contribution in [1.82, 2.24) is 0 Å². The molecule has 0 saturated carbocycles. The van der Waals surface area contributed by atoms with Crippen LogP contribution >= 0.6 is 11.6 Å². The Kier molecular flexibility index (Phi) is 5.99. The predicted molar refractivity (Wildman–Crippen MR) is 115 cm³/mol. The number of carbonyl (C=O) groups excluding carboxylic acids is 1. The number of anilines is 3. The standard InChI is InChI=1S/C21H19ClN4O3/c1-13(14-5-3-2-4-6-14)24-19-10-8-16(12-17(19)22)25-21(27)15-7-9-18(23)20(11-15)26(28)29/h2-13,24H,23H2,1H3,(H,25,27). The first kappa shape index (κ1) is 20.2. The molecule has 7 nitrogen and oxygen atoms in total. The van der Waals surface area contributed by atoms with Crippen LogP contribution in [0.2, 0.25) is 5.02 Å². The first-order valence-corrected chi connectivity index (χ1v) is 9.19. The summed E-state index contributed by atoms with van der Waals surface area (Å²) < 4.78 is 0. The summed E-state index contributed by atoms with van der Waals surface area (Å²) >= 11 is 6.36. The van der Waals surface area contributed by atoms with Gasteiger partial charge in [0.05, 0.1) is 15.6 Å². The summed E-state index contributed by atoms with van der Waals surface area (Å²) in [7, 11) is 0. The first-order valence-electron chi connectivity index (χ1n) is 8.81. The minimum Gasteiger partial charge on any atom is -0.393 e. The highest BCUT2D eigenvalue weighted by atomic mass is 35.5. The molecule has 0 aromatic heterocycles. The number of amides is 1. The fourth-order valence-corrected chi connectivity index (χ4v) is 3.05. The molecule has 0 saturated heterocycles. The second kappa shape index (κ2) is 8.62. The molecule has 148 valence electrons. The zero-order chi connectivity index (χ0) is 21.0. The lowest BCUT2D eigenvalue weighted by molar-refractivity contribution is -0.383. The van der Waals surface area contributed by atoms with Crippen LogP contribution < -0.4 is 16.4 Å². The normalized spacial score (nSPS) is 11.5. The minimum atomic E-state index is -0.628. The van der Waals surface area contributed by atoms with Gasteiger partial charge in [0.1, 0.15) is 5.69 Å². The second-order valence-electron chi connectivity index (χ2n) is 6.46. The van der Waals surface area contributed by atoms with Gasteiger partial charge in [0.25, 0.3) is 11.6 Å². The second-order valence-corrected chi connectivity index (χ2v) is 6.86. The Morgan fingerprint density at radius 1 is 1.10 bits per heavy atom. The third-order valence-electron chi connectivity index (χ3n) is 4.39. The van der Waals surface area contributed by atoms with Crippen molar-refractivity contribution in [2.75, 3.05) is 16.4 Å². The van der Waals surface area contributed by atoms with E-state index < -0.39 is 10.8 Å². The maximum atomic E-state index is 12.4. The van der Waals surface area contributed by atoms with Gasteiger partial charge >= 0.3 is 0 Å². The van der Waals surface area contributed by atoms with Crippen LogP contribution in [0.1, 0.15) is 28.9 Å². The molecule has 0 aliphatic heterocycles. The number of nitrogens with one attached hydrogen (secondary N) is 2. The Balaban J connectivity index is 1.73. The van der Waals surface area contributed by atoms with Crippen molar-refractivity contribution in [3.63, 3.8) is 0 Å². The summed E-state index contributed by atoms with van der Waals surface area (Å²) in [5, 5.41) is 17.4. The summed E-state index contributed by atoms with van der Waals surface area (Å²) in [4.78, 5) is 22.8. The van der Waals surface area contributed by atoms with Crippen LogP contribution in [-0.2, 0) is 0 Å². The largest absolute Gasteiger partial charge is 0.393 e. The van der Waals surface area contributed by atoms with E-state index in [2.05, 4.69) is 10.6 Å². The van der Waals surface area contributed by atoms with Crippen LogP contribution in [0.5, 0.6) is 0 Å². The van der Waals surface area contributed by atoms with Gasteiger partial charge in [-0.25, -0.2) is 0 Å². The SMILES string of the molecule is CC(Nc1ccc(NC(=O)c2ccc(N)c([N+](=O)[O-])c2)cc1Cl)c1ccccc1. The van der Waals surface area contributed by atoms with Gasteiger partial charge in [-0.3, -0.25) is 14.9 Å². The predicted octanol–water partition coefficient (Wildman–Crippen LogP) is 5.26. The maximum Gasteiger partial charge on any atom is 0.292 e. The molecule has 1 amide bonds. The number of benzene rings is 3. The van der Waals surface area contributed by atoms with E-state index in [1.54, 1.807) is 18.2 Å². The van der Waals surface area contributed by atoms with Gasteiger partial charge in [-0.2, -0.15) is 0 Å². The van der Waals surface area contributed by atoms with Crippen molar-refractivity contribution < 1.29 is 9.72 Å². The highest BCUT2D eigenvalue weighted by Crippen LogP contribution is 2.29. The van der Waals surface area contributed by atoms with Gasteiger partial charge in [-0.05, 0) is 42.8 Å². The van der Waals surface area contributed by atoms with Gasteiger partial charge < -0.3 is 16.4 Å². The van der Waals surface area contributed by atoms with E-state index in [4.69, 9.17) is 17.3 Å². The van der Waals surface area contributed by atoms with Crippen LogP contribution in [-0.4, -0.2) is 10.8 Å². The van der Waals surface area contributed by atoms with Crippen molar-refractivity contribution in [1.29, 1.82) is 0 Å². The van der Waals surface area contributed by atoms with Crippen molar-refractivity contribution in [2.24, 2.45) is 0 Å². The van der Waals surface area contributed by atoms with Crippen molar-refractivity contribution in [2.45, 2.75) is 13.0 Å². The molecule has 0 aliphatic carbocycles. The molecule has 8 heteroatoms. The lowest BCUT2D eigenvalue weighted by atomic mass is 10.1. The van der Waals surface area contributed by atoms with Gasteiger partial charge in [0, 0.05) is 23.4 Å². The molecule has 3 rings (SSSR count). The number of rotatable bonds is 6. The Morgan fingerprint density at radius 3 is 2.48 bits per heavy atom. The molecule has 1 atom stereocenters. The number of nitro groups is 1. The number of nitro benzene ring substituents is 1. The van der Waals surface area contributed by atoms with Crippen LogP contribution in [0.25, 0.3) is 0 Å². The summed E-state index contributed by atoms with van der Waals surface area (Å²) in [6.45, 7) is 2.02. The highest BCUT2D eigenvalue weighted by molar-refractivity contribution is 6.33. The number of halogens is 1. The number of nitrogens with two attached hydrogens (primary N) is 1. The van der Waals surface area contributed by atoms with E-state index in [0.29, 0.717) is 10.7 Å². The molecule has 1 unspecified atom stereocenters. The van der Waals surface area contributed by atoms with Crippen molar-refractivity contribution >= 4 is 40.3 Å². The van der Waals surface area contributed by atoms with E-state index in [1.807, 2.05) is 37.3 Å². The van der Waals surface area contributed by atoms with Crippen LogP contribution in [0, 0.1) is 10.1 Å². The lowest BCUT2D eigenvalue weighted by Gasteiger charge is -2.17. The topological polar surface area (TPSA) is 110 Å². The maximum absolute atomic E-state index is 12.4. The highest BCUT2D eigenvalue weighted by Gasteiger charge is 2.16. The fourth-order valence-electron chi connectivity index (χ4n) is 2.81. The van der Waals surface area contributed by atoms with Crippen molar-refractivity contribution in [3.8, 4) is 0 Å². The zero-order valence-corrected chi connectivity index (χ0v) is 16.3. The zero-order valence-electron chi connectivity index (χ0n) is 15.6. The Labute approximate surface area is 172 Å². The average molecular weight is 411 g/mol. The fraction of sp³-hybridized carbons (Fsp3) is 0.0952. The van der Waals surface area contributed by atoms with E-state index in [9.17, 15) is 14.9 Å². The van der Waals surface area contributed by atoms with E-state index in [0.717, 1.165) is 17.3 Å². The molecular weight excluding hydrogens is 392 g/mol. The minimum absolute atomic E-state index is 0.00226. The van der Waals surface area contributed by atoms with E-state index in [1.165, 1.54) is 12.1 Å². The first-order chi connectivity index (χ1) is 13.8. The molecule has 0 bridgehead atoms. The number of hydrogen-bond donors (Lipinski definition) is 3. The van der Waals surface area contributed by atoms with Crippen LogP contribution in [0.3, 0.4) is 0 Å². The molecule has 0 spiro atoms. The molecule has 3 aromatic rings. The quantitative estimate of drug-likeness (QED) is 0.292. The third-order valence-corrected chi connectivity index (χ3v) is 4.70. The Morgan fingerprint density at radius 2 is 1.83 bits per heavy atom. The molecule has 0 heterocycles. The molecule has 0 aliphatic rings. The van der Waals surface area contributed by atoms with E-state index in [-0.39, 0.29) is 23.0 Å². The molecule has 29 heavy (non-hydrogen) atoms.